The van der Waals surface area contributed by atoms with E-state index in [-0.39, 0.29) is 11.0 Å². The minimum atomic E-state index is -0.0690. The molecule has 1 aliphatic heterocycles. The molecule has 0 unspecified atom stereocenters. The van der Waals surface area contributed by atoms with E-state index in [4.69, 9.17) is 0 Å². The van der Waals surface area contributed by atoms with Crippen molar-refractivity contribution in [3.63, 3.8) is 0 Å². The van der Waals surface area contributed by atoms with Crippen LogP contribution in [0.1, 0.15) is 82.1 Å². The van der Waals surface area contributed by atoms with E-state index in [2.05, 4.69) is 125 Å². The number of rotatable bonds is 5. The Morgan fingerprint density at radius 1 is 0.645 bits per heavy atom. The van der Waals surface area contributed by atoms with Crippen molar-refractivity contribution in [3.8, 4) is 0 Å². The molecule has 1 heterocycles. The first-order valence-corrected chi connectivity index (χ1v) is 11.8. The third-order valence-electron chi connectivity index (χ3n) is 7.32. The van der Waals surface area contributed by atoms with Gasteiger partial charge in [0, 0.05) is 17.6 Å². The van der Waals surface area contributed by atoms with E-state index in [1.165, 1.54) is 27.9 Å². The number of anilines is 1. The Labute approximate surface area is 189 Å². The van der Waals surface area contributed by atoms with Crippen molar-refractivity contribution in [1.82, 2.24) is 0 Å². The summed E-state index contributed by atoms with van der Waals surface area (Å²) >= 11 is 0. The zero-order valence-electron chi connectivity index (χ0n) is 20.0. The molecular formula is C30H37N. The Kier molecular flexibility index (Phi) is 5.73. The second-order valence-electron chi connectivity index (χ2n) is 10.4. The summed E-state index contributed by atoms with van der Waals surface area (Å²) < 4.78 is 0. The molecule has 3 aromatic carbocycles. The van der Waals surface area contributed by atoms with Crippen molar-refractivity contribution in [2.75, 3.05) is 11.4 Å². The highest BCUT2D eigenvalue weighted by Gasteiger charge is 2.51. The lowest BCUT2D eigenvalue weighted by molar-refractivity contribution is 0.428. The molecule has 0 amide bonds. The molecule has 2 atom stereocenters. The quantitative estimate of drug-likeness (QED) is 0.411. The molecule has 0 radical (unpaired) electrons. The summed E-state index contributed by atoms with van der Waals surface area (Å²) in [4.78, 5) is 2.75. The van der Waals surface area contributed by atoms with Crippen LogP contribution < -0.4 is 4.90 Å². The van der Waals surface area contributed by atoms with Gasteiger partial charge in [-0.15, -0.1) is 0 Å². The van der Waals surface area contributed by atoms with Crippen molar-refractivity contribution in [1.29, 1.82) is 0 Å². The normalized spacial score (nSPS) is 23.7. The predicted octanol–water partition coefficient (Wildman–Crippen LogP) is 8.02. The maximum Gasteiger partial charge on any atom is 0.0635 e. The Morgan fingerprint density at radius 3 is 1.61 bits per heavy atom. The molecule has 0 aliphatic carbocycles. The van der Waals surface area contributed by atoms with Crippen LogP contribution in [0.15, 0.2) is 78.9 Å². The molecule has 1 saturated heterocycles. The maximum absolute atomic E-state index is 2.75. The molecule has 4 rings (SSSR count). The van der Waals surface area contributed by atoms with Crippen LogP contribution in [0.4, 0.5) is 5.69 Å². The minimum Gasteiger partial charge on any atom is -0.361 e. The molecule has 1 fully saturated rings. The van der Waals surface area contributed by atoms with E-state index in [1.54, 1.807) is 0 Å². The average Bonchev–Trinajstić information content (AvgIpc) is 3.07. The summed E-state index contributed by atoms with van der Waals surface area (Å²) in [5.74, 6) is 0.967. The maximum atomic E-state index is 2.75. The van der Waals surface area contributed by atoms with E-state index in [0.717, 1.165) is 13.0 Å². The number of benzene rings is 3. The summed E-state index contributed by atoms with van der Waals surface area (Å²) in [6.07, 6.45) is 1.10. The topological polar surface area (TPSA) is 3.24 Å². The largest absolute Gasteiger partial charge is 0.361 e. The predicted molar refractivity (Wildman–Crippen MR) is 134 cm³/mol. The van der Waals surface area contributed by atoms with E-state index < -0.39 is 0 Å². The first-order chi connectivity index (χ1) is 14.8. The third-order valence-corrected chi connectivity index (χ3v) is 7.32. The van der Waals surface area contributed by atoms with Gasteiger partial charge < -0.3 is 4.90 Å². The molecule has 1 heteroatoms. The Hall–Kier alpha value is -2.54. The van der Waals surface area contributed by atoms with Gasteiger partial charge in [-0.3, -0.25) is 0 Å². The van der Waals surface area contributed by atoms with Gasteiger partial charge in [0.05, 0.1) is 5.54 Å². The molecule has 0 spiro atoms. The Bertz CT molecular complexity index is 995. The van der Waals surface area contributed by atoms with E-state index in [9.17, 15) is 0 Å². The summed E-state index contributed by atoms with van der Waals surface area (Å²) in [5, 5.41) is 0. The van der Waals surface area contributed by atoms with Crippen LogP contribution >= 0.6 is 0 Å². The summed E-state index contributed by atoms with van der Waals surface area (Å²) in [6.45, 7) is 15.2. The minimum absolute atomic E-state index is 0.0690. The molecule has 1 aliphatic rings. The highest BCUT2D eigenvalue weighted by molar-refractivity contribution is 5.66. The smallest absolute Gasteiger partial charge is 0.0635 e. The molecule has 0 aromatic heterocycles. The molecule has 0 N–H and O–H groups in total. The van der Waals surface area contributed by atoms with Gasteiger partial charge in [-0.2, -0.15) is 0 Å². The number of nitrogens with zero attached hydrogens (tertiary/aromatic N) is 1. The fourth-order valence-electron chi connectivity index (χ4n) is 5.67. The van der Waals surface area contributed by atoms with Crippen molar-refractivity contribution >= 4 is 5.69 Å². The van der Waals surface area contributed by atoms with Crippen LogP contribution in [0.3, 0.4) is 0 Å². The first kappa shape index (κ1) is 21.7. The fraction of sp³-hybridized carbons (Fsp3) is 0.400. The molecule has 162 valence electrons. The molecule has 1 nitrogen and oxygen atoms in total. The van der Waals surface area contributed by atoms with Crippen molar-refractivity contribution in [2.24, 2.45) is 0 Å². The van der Waals surface area contributed by atoms with Crippen LogP contribution in [0.25, 0.3) is 0 Å². The van der Waals surface area contributed by atoms with Crippen LogP contribution in [-0.4, -0.2) is 6.54 Å². The summed E-state index contributed by atoms with van der Waals surface area (Å²) in [5.41, 5.74) is 7.25. The lowest BCUT2D eigenvalue weighted by Crippen LogP contribution is -2.40. The van der Waals surface area contributed by atoms with Crippen LogP contribution in [0.2, 0.25) is 0 Å². The van der Waals surface area contributed by atoms with Gasteiger partial charge in [0.1, 0.15) is 0 Å². The Balaban J connectivity index is 1.95. The summed E-state index contributed by atoms with van der Waals surface area (Å²) in [7, 11) is 0. The van der Waals surface area contributed by atoms with Gasteiger partial charge in [0.25, 0.3) is 0 Å². The third kappa shape index (κ3) is 3.80. The number of para-hydroxylation sites is 1. The highest BCUT2D eigenvalue weighted by atomic mass is 15.2. The fourth-order valence-corrected chi connectivity index (χ4v) is 5.67. The number of hydrogen-bond acceptors (Lipinski definition) is 1. The van der Waals surface area contributed by atoms with Gasteiger partial charge in [0.2, 0.25) is 0 Å². The van der Waals surface area contributed by atoms with Crippen molar-refractivity contribution < 1.29 is 0 Å². The molecular weight excluding hydrogens is 374 g/mol. The van der Waals surface area contributed by atoms with Gasteiger partial charge in [0.15, 0.2) is 0 Å². The lowest BCUT2D eigenvalue weighted by atomic mass is 9.75. The zero-order valence-corrected chi connectivity index (χ0v) is 20.0. The lowest BCUT2D eigenvalue weighted by Gasteiger charge is -2.41. The van der Waals surface area contributed by atoms with E-state index in [0.29, 0.717) is 11.8 Å². The van der Waals surface area contributed by atoms with Crippen molar-refractivity contribution in [3.05, 3.63) is 101 Å². The van der Waals surface area contributed by atoms with E-state index >= 15 is 0 Å². The van der Waals surface area contributed by atoms with Gasteiger partial charge >= 0.3 is 0 Å². The SMILES string of the molecule is CC(C)c1cccc(C(C)C)c1N1C[C@](C)(c2ccccc2)C[C@@]1(C)c1ccccc1. The van der Waals surface area contributed by atoms with Crippen molar-refractivity contribution in [2.45, 2.75) is 70.8 Å². The summed E-state index contributed by atoms with van der Waals surface area (Å²) in [6, 6.07) is 29.2. The van der Waals surface area contributed by atoms with Gasteiger partial charge in [-0.25, -0.2) is 0 Å². The number of hydrogen-bond donors (Lipinski definition) is 0. The average molecular weight is 412 g/mol. The monoisotopic (exact) mass is 411 g/mol. The van der Waals surface area contributed by atoms with E-state index in [1.807, 2.05) is 0 Å². The van der Waals surface area contributed by atoms with Crippen LogP contribution in [0, 0.1) is 0 Å². The molecule has 3 aromatic rings. The van der Waals surface area contributed by atoms with Gasteiger partial charge in [-0.1, -0.05) is 113 Å². The second-order valence-corrected chi connectivity index (χ2v) is 10.4. The van der Waals surface area contributed by atoms with Crippen LogP contribution in [0.5, 0.6) is 0 Å². The molecule has 31 heavy (non-hydrogen) atoms. The van der Waals surface area contributed by atoms with Crippen LogP contribution in [-0.2, 0) is 11.0 Å². The molecule has 0 saturated carbocycles. The first-order valence-electron chi connectivity index (χ1n) is 11.8. The Morgan fingerprint density at radius 2 is 1.13 bits per heavy atom. The highest BCUT2D eigenvalue weighted by Crippen LogP contribution is 2.53. The molecule has 0 bridgehead atoms. The second kappa shape index (κ2) is 8.19. The van der Waals surface area contributed by atoms with Gasteiger partial charge in [-0.05, 0) is 47.4 Å². The zero-order chi connectivity index (χ0) is 22.2. The standard InChI is InChI=1S/C30H37N/c1-22(2)26-18-13-19-27(23(3)4)28(26)31-21-29(5,24-14-9-7-10-15-24)20-30(31,6)25-16-11-8-12-17-25/h7-19,22-23H,20-21H2,1-6H3/t29-,30+/m1/s1.